The van der Waals surface area contributed by atoms with Crippen molar-refractivity contribution in [2.75, 3.05) is 0 Å². The van der Waals surface area contributed by atoms with Gasteiger partial charge in [0.05, 0.1) is 10.6 Å². The number of carbonyl (C=O) groups is 1. The molecule has 0 saturated carbocycles. The molecule has 2 atom stereocenters. The number of aromatic nitrogens is 2. The van der Waals surface area contributed by atoms with E-state index in [4.69, 9.17) is 16.1 Å². The van der Waals surface area contributed by atoms with Crippen molar-refractivity contribution in [3.05, 3.63) is 70.6 Å². The quantitative estimate of drug-likeness (QED) is 0.633. The maximum absolute atomic E-state index is 12.7. The summed E-state index contributed by atoms with van der Waals surface area (Å²) in [4.78, 5) is 17.2. The van der Waals surface area contributed by atoms with E-state index in [9.17, 15) is 4.79 Å². The first-order chi connectivity index (χ1) is 13.0. The summed E-state index contributed by atoms with van der Waals surface area (Å²) in [5.41, 5.74) is 2.42. The highest BCUT2D eigenvalue weighted by Gasteiger charge is 2.27. The molecule has 0 saturated heterocycles. The summed E-state index contributed by atoms with van der Waals surface area (Å²) in [5, 5.41) is 7.50. The third kappa shape index (κ3) is 4.37. The van der Waals surface area contributed by atoms with E-state index >= 15 is 0 Å². The maximum atomic E-state index is 12.7. The Hall–Kier alpha value is -2.66. The standard InChI is InChI=1S/C21H22ClN3O2/c1-4-14(3)18(23-20(26)16-10-5-6-11-17(16)22)21-24-19(25-27-21)15-9-7-8-13(2)12-15/h5-12,14,18H,4H2,1-3H3,(H,23,26)/t14-,18+/m0/s1. The molecule has 0 aliphatic heterocycles. The highest BCUT2D eigenvalue weighted by atomic mass is 35.5. The van der Waals surface area contributed by atoms with Crippen LogP contribution in [0.2, 0.25) is 5.02 Å². The second kappa shape index (κ2) is 8.35. The van der Waals surface area contributed by atoms with Crippen LogP contribution in [0.5, 0.6) is 0 Å². The summed E-state index contributed by atoms with van der Waals surface area (Å²) < 4.78 is 5.50. The summed E-state index contributed by atoms with van der Waals surface area (Å²) in [7, 11) is 0. The molecule has 1 amide bonds. The van der Waals surface area contributed by atoms with Gasteiger partial charge in [0.25, 0.3) is 5.91 Å². The highest BCUT2D eigenvalue weighted by molar-refractivity contribution is 6.33. The fourth-order valence-corrected chi connectivity index (χ4v) is 3.03. The van der Waals surface area contributed by atoms with Crippen LogP contribution in [0.15, 0.2) is 53.1 Å². The summed E-state index contributed by atoms with van der Waals surface area (Å²) >= 11 is 6.15. The zero-order chi connectivity index (χ0) is 19.4. The average Bonchev–Trinajstić information content (AvgIpc) is 3.15. The second-order valence-corrected chi connectivity index (χ2v) is 7.05. The Bertz CT molecular complexity index is 938. The number of halogens is 1. The number of nitrogens with one attached hydrogen (secondary N) is 1. The van der Waals surface area contributed by atoms with Gasteiger partial charge in [0.1, 0.15) is 6.04 Å². The van der Waals surface area contributed by atoms with E-state index in [2.05, 4.69) is 22.4 Å². The van der Waals surface area contributed by atoms with Gasteiger partial charge in [-0.1, -0.05) is 72.9 Å². The molecular formula is C21H22ClN3O2. The van der Waals surface area contributed by atoms with E-state index in [1.807, 2.05) is 38.1 Å². The van der Waals surface area contributed by atoms with E-state index < -0.39 is 6.04 Å². The van der Waals surface area contributed by atoms with Crippen LogP contribution in [0.1, 0.15) is 48.1 Å². The zero-order valence-corrected chi connectivity index (χ0v) is 16.3. The SMILES string of the molecule is CC[C@H](C)[C@@H](NC(=O)c1ccccc1Cl)c1nc(-c2cccc(C)c2)no1. The largest absolute Gasteiger partial charge is 0.340 e. The normalized spacial score (nSPS) is 13.2. The smallest absolute Gasteiger partial charge is 0.253 e. The van der Waals surface area contributed by atoms with Gasteiger partial charge in [-0.05, 0) is 31.0 Å². The van der Waals surface area contributed by atoms with Crippen LogP contribution >= 0.6 is 11.6 Å². The van der Waals surface area contributed by atoms with Crippen molar-refractivity contribution in [1.82, 2.24) is 15.5 Å². The lowest BCUT2D eigenvalue weighted by atomic mass is 9.98. The Labute approximate surface area is 163 Å². The van der Waals surface area contributed by atoms with Crippen molar-refractivity contribution in [3.8, 4) is 11.4 Å². The first kappa shape index (κ1) is 19.1. The Balaban J connectivity index is 1.88. The predicted molar refractivity (Wildman–Crippen MR) is 106 cm³/mol. The topological polar surface area (TPSA) is 68.0 Å². The zero-order valence-electron chi connectivity index (χ0n) is 15.6. The molecule has 5 nitrogen and oxygen atoms in total. The molecular weight excluding hydrogens is 362 g/mol. The van der Waals surface area contributed by atoms with Crippen LogP contribution in [-0.2, 0) is 0 Å². The van der Waals surface area contributed by atoms with Crippen molar-refractivity contribution in [1.29, 1.82) is 0 Å². The molecule has 0 aliphatic carbocycles. The van der Waals surface area contributed by atoms with Gasteiger partial charge in [0.15, 0.2) is 0 Å². The van der Waals surface area contributed by atoms with Crippen LogP contribution in [-0.4, -0.2) is 16.0 Å². The number of hydrogen-bond acceptors (Lipinski definition) is 4. The number of hydrogen-bond donors (Lipinski definition) is 1. The van der Waals surface area contributed by atoms with E-state index in [0.717, 1.165) is 17.5 Å². The lowest BCUT2D eigenvalue weighted by Crippen LogP contribution is -2.33. The van der Waals surface area contributed by atoms with Gasteiger partial charge in [-0.3, -0.25) is 4.79 Å². The maximum Gasteiger partial charge on any atom is 0.253 e. The van der Waals surface area contributed by atoms with E-state index in [1.165, 1.54) is 0 Å². The van der Waals surface area contributed by atoms with Crippen molar-refractivity contribution >= 4 is 17.5 Å². The average molecular weight is 384 g/mol. The molecule has 6 heteroatoms. The minimum absolute atomic E-state index is 0.113. The lowest BCUT2D eigenvalue weighted by molar-refractivity contribution is 0.0910. The number of rotatable bonds is 6. The number of benzene rings is 2. The van der Waals surface area contributed by atoms with Crippen LogP contribution < -0.4 is 5.32 Å². The van der Waals surface area contributed by atoms with Crippen LogP contribution in [0, 0.1) is 12.8 Å². The minimum atomic E-state index is -0.398. The first-order valence-electron chi connectivity index (χ1n) is 8.95. The molecule has 3 aromatic rings. The molecule has 2 aromatic carbocycles. The van der Waals surface area contributed by atoms with Gasteiger partial charge in [0.2, 0.25) is 11.7 Å². The van der Waals surface area contributed by atoms with Crippen LogP contribution in [0.25, 0.3) is 11.4 Å². The predicted octanol–water partition coefficient (Wildman–Crippen LogP) is 5.22. The molecule has 1 aromatic heterocycles. The summed E-state index contributed by atoms with van der Waals surface area (Å²) in [6.45, 7) is 6.10. The molecule has 0 bridgehead atoms. The number of amides is 1. The third-order valence-corrected chi connectivity index (χ3v) is 4.93. The van der Waals surface area contributed by atoms with Gasteiger partial charge < -0.3 is 9.84 Å². The number of carbonyl (C=O) groups excluding carboxylic acids is 1. The van der Waals surface area contributed by atoms with Crippen LogP contribution in [0.3, 0.4) is 0 Å². The van der Waals surface area contributed by atoms with Crippen molar-refractivity contribution in [2.45, 2.75) is 33.2 Å². The summed E-state index contributed by atoms with van der Waals surface area (Å²) in [5.74, 6) is 0.749. The first-order valence-corrected chi connectivity index (χ1v) is 9.33. The Kier molecular flexibility index (Phi) is 5.91. The van der Waals surface area contributed by atoms with E-state index in [0.29, 0.717) is 22.3 Å². The number of aryl methyl sites for hydroxylation is 1. The molecule has 1 heterocycles. The highest BCUT2D eigenvalue weighted by Crippen LogP contribution is 2.27. The van der Waals surface area contributed by atoms with Crippen molar-refractivity contribution < 1.29 is 9.32 Å². The van der Waals surface area contributed by atoms with Gasteiger partial charge in [-0.25, -0.2) is 0 Å². The van der Waals surface area contributed by atoms with Gasteiger partial charge in [-0.2, -0.15) is 4.98 Å². The fourth-order valence-electron chi connectivity index (χ4n) is 2.81. The molecule has 0 spiro atoms. The third-order valence-electron chi connectivity index (χ3n) is 4.60. The van der Waals surface area contributed by atoms with Crippen molar-refractivity contribution in [3.63, 3.8) is 0 Å². The minimum Gasteiger partial charge on any atom is -0.340 e. The molecule has 3 rings (SSSR count). The molecule has 0 aliphatic rings. The molecule has 27 heavy (non-hydrogen) atoms. The van der Waals surface area contributed by atoms with Gasteiger partial charge in [0, 0.05) is 5.56 Å². The number of nitrogens with zero attached hydrogens (tertiary/aromatic N) is 2. The monoisotopic (exact) mass is 383 g/mol. The molecule has 0 unspecified atom stereocenters. The summed E-state index contributed by atoms with van der Waals surface area (Å²) in [6, 6.07) is 14.4. The summed E-state index contributed by atoms with van der Waals surface area (Å²) in [6.07, 6.45) is 0.843. The lowest BCUT2D eigenvalue weighted by Gasteiger charge is -2.21. The Morgan fingerprint density at radius 2 is 2.00 bits per heavy atom. The molecule has 140 valence electrons. The van der Waals surface area contributed by atoms with Crippen LogP contribution in [0.4, 0.5) is 0 Å². The van der Waals surface area contributed by atoms with Crippen molar-refractivity contribution in [2.24, 2.45) is 5.92 Å². The van der Waals surface area contributed by atoms with E-state index in [-0.39, 0.29) is 11.8 Å². The fraction of sp³-hybridized carbons (Fsp3) is 0.286. The molecule has 1 N–H and O–H groups in total. The molecule has 0 radical (unpaired) electrons. The molecule has 0 fully saturated rings. The van der Waals surface area contributed by atoms with Gasteiger partial charge >= 0.3 is 0 Å². The van der Waals surface area contributed by atoms with Gasteiger partial charge in [-0.15, -0.1) is 0 Å². The second-order valence-electron chi connectivity index (χ2n) is 6.64. The Morgan fingerprint density at radius 3 is 2.70 bits per heavy atom. The Morgan fingerprint density at radius 1 is 1.22 bits per heavy atom. The van der Waals surface area contributed by atoms with E-state index in [1.54, 1.807) is 24.3 Å².